The quantitative estimate of drug-likeness (QED) is 0.666. The van der Waals surface area contributed by atoms with Gasteiger partial charge in [0.15, 0.2) is 0 Å². The number of aromatic carboxylic acids is 1. The maximum atomic E-state index is 11.0. The number of halogens is 1. The third kappa shape index (κ3) is 3.34. The highest BCUT2D eigenvalue weighted by atomic mass is 79.9. The number of hydrogen-bond acceptors (Lipinski definition) is 5. The normalized spacial score (nSPS) is 10.2. The molecule has 0 aliphatic rings. The van der Waals surface area contributed by atoms with E-state index in [1.54, 1.807) is 13.0 Å². The molecular weight excluding hydrogens is 344 g/mol. The van der Waals surface area contributed by atoms with Crippen molar-refractivity contribution in [3.63, 3.8) is 0 Å². The summed E-state index contributed by atoms with van der Waals surface area (Å²) in [5.74, 6) is -1.23. The molecule has 108 valence electrons. The van der Waals surface area contributed by atoms with Crippen LogP contribution in [0.25, 0.3) is 0 Å². The highest BCUT2D eigenvalue weighted by Gasteiger charge is 2.19. The Bertz CT molecular complexity index is 732. The van der Waals surface area contributed by atoms with Gasteiger partial charge >= 0.3 is 11.7 Å². The maximum Gasteiger partial charge on any atom is 0.335 e. The molecule has 0 aliphatic heterocycles. The van der Waals surface area contributed by atoms with Gasteiger partial charge < -0.3 is 9.84 Å². The van der Waals surface area contributed by atoms with E-state index in [0.29, 0.717) is 0 Å². The van der Waals surface area contributed by atoms with Crippen molar-refractivity contribution < 1.29 is 19.6 Å². The van der Waals surface area contributed by atoms with Crippen LogP contribution < -0.4 is 4.74 Å². The lowest BCUT2D eigenvalue weighted by Gasteiger charge is -2.07. The minimum absolute atomic E-state index is 0.107. The Labute approximate surface area is 127 Å². The number of benzene rings is 1. The van der Waals surface area contributed by atoms with Gasteiger partial charge in [-0.2, -0.15) is 0 Å². The van der Waals surface area contributed by atoms with E-state index in [9.17, 15) is 14.9 Å². The Morgan fingerprint density at radius 2 is 2.14 bits per heavy atom. The van der Waals surface area contributed by atoms with E-state index in [4.69, 9.17) is 9.84 Å². The summed E-state index contributed by atoms with van der Waals surface area (Å²) in [6.45, 7) is 1.81. The first-order valence-corrected chi connectivity index (χ1v) is 6.49. The van der Waals surface area contributed by atoms with E-state index in [0.717, 1.165) is 28.2 Å². The zero-order chi connectivity index (χ0) is 15.6. The molecule has 8 heteroatoms. The summed E-state index contributed by atoms with van der Waals surface area (Å²) in [4.78, 5) is 25.2. The van der Waals surface area contributed by atoms with Gasteiger partial charge in [0.1, 0.15) is 0 Å². The summed E-state index contributed by atoms with van der Waals surface area (Å²) in [5.41, 5.74) is 0.392. The van der Waals surface area contributed by atoms with Crippen LogP contribution in [0.5, 0.6) is 11.6 Å². The van der Waals surface area contributed by atoms with Gasteiger partial charge in [-0.25, -0.2) is 9.78 Å². The van der Waals surface area contributed by atoms with Gasteiger partial charge in [0, 0.05) is 28.9 Å². The van der Waals surface area contributed by atoms with Crippen LogP contribution in [0.2, 0.25) is 0 Å². The summed E-state index contributed by atoms with van der Waals surface area (Å²) in [6.07, 6.45) is 1.50. The van der Waals surface area contributed by atoms with Gasteiger partial charge in [0.2, 0.25) is 11.6 Å². The summed E-state index contributed by atoms with van der Waals surface area (Å²) < 4.78 is 6.13. The molecule has 2 rings (SSSR count). The second kappa shape index (κ2) is 5.88. The Kier molecular flexibility index (Phi) is 4.18. The van der Waals surface area contributed by atoms with Gasteiger partial charge in [-0.05, 0) is 34.5 Å². The van der Waals surface area contributed by atoms with Crippen molar-refractivity contribution in [3.8, 4) is 11.6 Å². The van der Waals surface area contributed by atoms with Crippen molar-refractivity contribution in [2.24, 2.45) is 0 Å². The molecule has 0 atom stereocenters. The molecule has 0 amide bonds. The zero-order valence-corrected chi connectivity index (χ0v) is 12.3. The molecule has 21 heavy (non-hydrogen) atoms. The van der Waals surface area contributed by atoms with E-state index in [1.807, 2.05) is 0 Å². The summed E-state index contributed by atoms with van der Waals surface area (Å²) in [6, 6.07) is 4.92. The van der Waals surface area contributed by atoms with E-state index >= 15 is 0 Å². The van der Waals surface area contributed by atoms with Crippen molar-refractivity contribution in [1.29, 1.82) is 0 Å². The van der Waals surface area contributed by atoms with Crippen molar-refractivity contribution in [2.45, 2.75) is 6.92 Å². The lowest BCUT2D eigenvalue weighted by molar-refractivity contribution is -0.385. The molecule has 0 spiro atoms. The number of rotatable bonds is 4. The third-order valence-corrected chi connectivity index (χ3v) is 3.47. The molecule has 7 nitrogen and oxygen atoms in total. The van der Waals surface area contributed by atoms with E-state index in [2.05, 4.69) is 20.9 Å². The molecule has 0 saturated carbocycles. The first-order valence-electron chi connectivity index (χ1n) is 5.70. The lowest BCUT2D eigenvalue weighted by atomic mass is 10.2. The van der Waals surface area contributed by atoms with Crippen LogP contribution in [0.3, 0.4) is 0 Å². The van der Waals surface area contributed by atoms with E-state index in [1.165, 1.54) is 6.20 Å². The number of carboxylic acid groups (broad SMARTS) is 1. The Hall–Kier alpha value is -2.48. The number of nitrogens with zero attached hydrogens (tertiary/aromatic N) is 2. The summed E-state index contributed by atoms with van der Waals surface area (Å²) in [5, 5.41) is 19.9. The molecule has 0 saturated heterocycles. The number of pyridine rings is 1. The van der Waals surface area contributed by atoms with Crippen LogP contribution >= 0.6 is 15.9 Å². The molecule has 0 aliphatic carbocycles. The summed E-state index contributed by atoms with van der Waals surface area (Å²) in [7, 11) is 0. The van der Waals surface area contributed by atoms with Crippen molar-refractivity contribution >= 4 is 27.6 Å². The van der Waals surface area contributed by atoms with E-state index < -0.39 is 10.9 Å². The van der Waals surface area contributed by atoms with Gasteiger partial charge in [-0.1, -0.05) is 0 Å². The van der Waals surface area contributed by atoms with Crippen molar-refractivity contribution in [2.75, 3.05) is 0 Å². The van der Waals surface area contributed by atoms with Crippen LogP contribution in [0, 0.1) is 17.0 Å². The van der Waals surface area contributed by atoms with Crippen LogP contribution in [-0.4, -0.2) is 21.0 Å². The number of carbonyl (C=O) groups is 1. The fourth-order valence-corrected chi connectivity index (χ4v) is 1.78. The first-order chi connectivity index (χ1) is 9.88. The smallest absolute Gasteiger partial charge is 0.335 e. The maximum absolute atomic E-state index is 11.0. The standard InChI is InChI=1S/C13H9BrN2O5/c1-7-4-12(15-6-9(7)14)21-11-5-8(13(17)18)2-3-10(11)16(19)20/h2-6H,1H3,(H,17,18). The molecule has 2 aromatic rings. The Morgan fingerprint density at radius 1 is 1.43 bits per heavy atom. The number of hydrogen-bond donors (Lipinski definition) is 1. The minimum Gasteiger partial charge on any atom is -0.478 e. The van der Waals surface area contributed by atoms with Crippen LogP contribution in [0.15, 0.2) is 34.9 Å². The van der Waals surface area contributed by atoms with Gasteiger partial charge in [-0.15, -0.1) is 0 Å². The Morgan fingerprint density at radius 3 is 2.71 bits per heavy atom. The fraction of sp³-hybridized carbons (Fsp3) is 0.0769. The molecule has 0 bridgehead atoms. The average Bonchev–Trinajstić information content (AvgIpc) is 2.42. The molecule has 0 radical (unpaired) electrons. The molecule has 1 heterocycles. The summed E-state index contributed by atoms with van der Waals surface area (Å²) >= 11 is 3.28. The highest BCUT2D eigenvalue weighted by Crippen LogP contribution is 2.32. The number of nitro groups is 1. The largest absolute Gasteiger partial charge is 0.478 e. The predicted molar refractivity (Wildman–Crippen MR) is 76.8 cm³/mol. The lowest BCUT2D eigenvalue weighted by Crippen LogP contribution is -2.00. The number of aryl methyl sites for hydroxylation is 1. The topological polar surface area (TPSA) is 103 Å². The monoisotopic (exact) mass is 352 g/mol. The number of ether oxygens (including phenoxy) is 1. The highest BCUT2D eigenvalue weighted by molar-refractivity contribution is 9.10. The van der Waals surface area contributed by atoms with Crippen LogP contribution in [0.4, 0.5) is 5.69 Å². The minimum atomic E-state index is -1.20. The van der Waals surface area contributed by atoms with E-state index in [-0.39, 0.29) is 22.9 Å². The molecule has 1 aromatic heterocycles. The van der Waals surface area contributed by atoms with Gasteiger partial charge in [-0.3, -0.25) is 10.1 Å². The van der Waals surface area contributed by atoms with Gasteiger partial charge in [0.05, 0.1) is 10.5 Å². The number of nitro benzene ring substituents is 1. The predicted octanol–water partition coefficient (Wildman–Crippen LogP) is 3.55. The second-order valence-electron chi connectivity index (χ2n) is 4.12. The zero-order valence-electron chi connectivity index (χ0n) is 10.7. The fourth-order valence-electron chi connectivity index (χ4n) is 1.56. The average molecular weight is 353 g/mol. The molecule has 1 N–H and O–H groups in total. The van der Waals surface area contributed by atoms with Crippen molar-refractivity contribution in [1.82, 2.24) is 4.98 Å². The first kappa shape index (κ1) is 14.9. The van der Waals surface area contributed by atoms with Crippen LogP contribution in [-0.2, 0) is 0 Å². The molecule has 0 fully saturated rings. The molecule has 1 aromatic carbocycles. The molecular formula is C13H9BrN2O5. The SMILES string of the molecule is Cc1cc(Oc2cc(C(=O)O)ccc2[N+](=O)[O-])ncc1Br. The van der Waals surface area contributed by atoms with Crippen molar-refractivity contribution in [3.05, 3.63) is 56.2 Å². The molecule has 0 unspecified atom stereocenters. The van der Waals surface area contributed by atoms with Crippen LogP contribution in [0.1, 0.15) is 15.9 Å². The number of aromatic nitrogens is 1. The van der Waals surface area contributed by atoms with Gasteiger partial charge in [0.25, 0.3) is 0 Å². The second-order valence-corrected chi connectivity index (χ2v) is 4.97. The number of carboxylic acids is 1. The Balaban J connectivity index is 2.45. The third-order valence-electron chi connectivity index (χ3n) is 2.64.